The summed E-state index contributed by atoms with van der Waals surface area (Å²) in [6.45, 7) is 2.17. The van der Waals surface area contributed by atoms with Gasteiger partial charge in [-0.3, -0.25) is 29.5 Å². The summed E-state index contributed by atoms with van der Waals surface area (Å²) in [6, 6.07) is 1.59. The number of cyclic esters (lactones) is 1. The van der Waals surface area contributed by atoms with Crippen LogP contribution in [0, 0.1) is 5.92 Å². The second kappa shape index (κ2) is 17.6. The lowest BCUT2D eigenvalue weighted by atomic mass is 9.83. The maximum atomic E-state index is 13.0. The van der Waals surface area contributed by atoms with Crippen molar-refractivity contribution in [3.63, 3.8) is 0 Å². The number of hydrogen-bond donors (Lipinski definition) is 7. The first-order chi connectivity index (χ1) is 21.5. The van der Waals surface area contributed by atoms with E-state index in [4.69, 9.17) is 9.84 Å². The van der Waals surface area contributed by atoms with Gasteiger partial charge in [0.25, 0.3) is 0 Å². The van der Waals surface area contributed by atoms with Gasteiger partial charge in [0.2, 0.25) is 18.0 Å². The molecule has 45 heavy (non-hydrogen) atoms. The molecule has 0 spiro atoms. The molecule has 15 heteroatoms. The maximum Gasteiger partial charge on any atom is 0.353 e. The molecule has 2 heterocycles. The topological polar surface area (TPSA) is 216 Å². The summed E-state index contributed by atoms with van der Waals surface area (Å²) >= 11 is 1.28. The molecule has 0 fully saturated rings. The van der Waals surface area contributed by atoms with Crippen molar-refractivity contribution in [2.24, 2.45) is 5.92 Å². The fourth-order valence-electron chi connectivity index (χ4n) is 5.10. The molecule has 0 unspecified atom stereocenters. The molecule has 0 saturated carbocycles. The quantitative estimate of drug-likeness (QED) is 0.0625. The van der Waals surface area contributed by atoms with E-state index in [1.54, 1.807) is 19.4 Å². The van der Waals surface area contributed by atoms with Crippen LogP contribution in [0.4, 0.5) is 0 Å². The Bertz CT molecular complexity index is 1290. The third kappa shape index (κ3) is 10.7. The number of aromatic nitrogens is 1. The van der Waals surface area contributed by atoms with Gasteiger partial charge in [0.15, 0.2) is 0 Å². The molecule has 3 rings (SSSR count). The van der Waals surface area contributed by atoms with Gasteiger partial charge < -0.3 is 36.0 Å². The van der Waals surface area contributed by atoms with Crippen molar-refractivity contribution < 1.29 is 44.0 Å². The lowest BCUT2D eigenvalue weighted by molar-refractivity contribution is -0.151. The molecular formula is C30H41N5O9S. The number of carbonyl (C=O) groups is 5. The monoisotopic (exact) mass is 647 g/mol. The van der Waals surface area contributed by atoms with Crippen molar-refractivity contribution in [1.29, 1.82) is 0 Å². The first-order valence-electron chi connectivity index (χ1n) is 14.8. The SMILES string of the molecule is CCC[C@@H](SC[C@H](NC(=O)CC[C@H](NCNC)C(=O)O)C(=O)N[C@@H](O)C(=O)O)C1=C2CCC(Cc3ccncc3)=C[C@H]2C(=O)O1. The molecule has 2 amide bonds. The Hall–Kier alpha value is -3.79. The van der Waals surface area contributed by atoms with Crippen LogP contribution in [0.1, 0.15) is 51.0 Å². The zero-order chi connectivity index (χ0) is 32.9. The molecule has 2 aliphatic rings. The number of pyridine rings is 1. The Morgan fingerprint density at radius 2 is 1.80 bits per heavy atom. The van der Waals surface area contributed by atoms with Crippen molar-refractivity contribution in [2.75, 3.05) is 19.5 Å². The first-order valence-corrected chi connectivity index (χ1v) is 15.8. The van der Waals surface area contributed by atoms with Gasteiger partial charge in [-0.25, -0.2) is 4.79 Å². The van der Waals surface area contributed by atoms with Gasteiger partial charge in [0, 0.05) is 31.2 Å². The number of nitrogens with one attached hydrogen (secondary N) is 4. The van der Waals surface area contributed by atoms with Crippen LogP contribution < -0.4 is 21.3 Å². The predicted octanol–water partition coefficient (Wildman–Crippen LogP) is 0.677. The summed E-state index contributed by atoms with van der Waals surface area (Å²) in [6.07, 6.45) is 6.38. The molecule has 1 aromatic rings. The summed E-state index contributed by atoms with van der Waals surface area (Å²) in [5.74, 6) is -4.70. The van der Waals surface area contributed by atoms with Crippen molar-refractivity contribution >= 4 is 41.5 Å². The van der Waals surface area contributed by atoms with E-state index in [1.165, 1.54) is 11.8 Å². The summed E-state index contributed by atoms with van der Waals surface area (Å²) in [4.78, 5) is 65.4. The fourth-order valence-corrected chi connectivity index (χ4v) is 6.51. The molecule has 0 bridgehead atoms. The van der Waals surface area contributed by atoms with Crippen molar-refractivity contribution in [1.82, 2.24) is 26.3 Å². The Labute approximate surface area is 265 Å². The second-order valence-electron chi connectivity index (χ2n) is 10.8. The molecule has 0 aromatic carbocycles. The molecule has 0 radical (unpaired) electrons. The number of nitrogens with zero attached hydrogens (tertiary/aromatic N) is 1. The first kappa shape index (κ1) is 35.7. The van der Waals surface area contributed by atoms with Crippen LogP contribution in [-0.2, 0) is 35.1 Å². The minimum Gasteiger partial charge on any atom is -0.480 e. The molecule has 5 atom stereocenters. The van der Waals surface area contributed by atoms with E-state index in [-0.39, 0.29) is 36.5 Å². The summed E-state index contributed by atoms with van der Waals surface area (Å²) in [5.41, 5.74) is 3.13. The minimum atomic E-state index is -2.19. The number of rotatable bonds is 19. The zero-order valence-corrected chi connectivity index (χ0v) is 26.1. The lowest BCUT2D eigenvalue weighted by Gasteiger charge is -2.24. The highest BCUT2D eigenvalue weighted by Crippen LogP contribution is 2.42. The van der Waals surface area contributed by atoms with E-state index in [1.807, 2.05) is 30.4 Å². The smallest absolute Gasteiger partial charge is 0.353 e. The highest BCUT2D eigenvalue weighted by molar-refractivity contribution is 8.00. The number of aliphatic carboxylic acids is 2. The van der Waals surface area contributed by atoms with Gasteiger partial charge in [-0.05, 0) is 62.4 Å². The van der Waals surface area contributed by atoms with E-state index in [2.05, 4.69) is 20.9 Å². The molecular weight excluding hydrogens is 606 g/mol. The minimum absolute atomic E-state index is 0.0307. The number of aliphatic hydroxyl groups is 1. The number of amides is 2. The fraction of sp³-hybridized carbons (Fsp3) is 0.533. The van der Waals surface area contributed by atoms with E-state index in [0.29, 0.717) is 25.0 Å². The van der Waals surface area contributed by atoms with Crippen molar-refractivity contribution in [3.05, 3.63) is 53.1 Å². The van der Waals surface area contributed by atoms with Gasteiger partial charge in [0.1, 0.15) is 23.8 Å². The number of fused-ring (bicyclic) bond motifs is 1. The molecule has 14 nitrogen and oxygen atoms in total. The molecule has 1 aliphatic carbocycles. The highest BCUT2D eigenvalue weighted by Gasteiger charge is 2.40. The Morgan fingerprint density at radius 3 is 2.44 bits per heavy atom. The van der Waals surface area contributed by atoms with E-state index < -0.39 is 48.0 Å². The van der Waals surface area contributed by atoms with Gasteiger partial charge in [-0.15, -0.1) is 11.8 Å². The number of esters is 1. The standard InChI is InChI=1S/C30H41N5O9S/c1-3-4-23(25-19-6-5-18(14-20(19)30(43)44-25)13-17-9-11-32-12-10-17)45-15-22(26(37)35-27(38)29(41)42)34-24(36)8-7-21(28(39)40)33-16-31-2/h9-12,14,20-23,27,31,33,38H,3-8,13,15-16H2,1-2H3,(H,34,36)(H,35,37)(H,39,40)(H,41,42)/t20-,21+,22+,23-,27+/m1/s1. The number of ether oxygens (including phenoxy) is 1. The molecule has 1 aromatic heterocycles. The van der Waals surface area contributed by atoms with Gasteiger partial charge >= 0.3 is 17.9 Å². The largest absolute Gasteiger partial charge is 0.480 e. The number of allylic oxidation sites excluding steroid dienone is 1. The van der Waals surface area contributed by atoms with Crippen LogP contribution in [0.25, 0.3) is 0 Å². The van der Waals surface area contributed by atoms with Crippen molar-refractivity contribution in [2.45, 2.75) is 75.4 Å². The maximum absolute atomic E-state index is 13.0. The van der Waals surface area contributed by atoms with Crippen molar-refractivity contribution in [3.8, 4) is 0 Å². The van der Waals surface area contributed by atoms with Crippen LogP contribution in [0.3, 0.4) is 0 Å². The summed E-state index contributed by atoms with van der Waals surface area (Å²) in [5, 5.41) is 37.8. The molecule has 246 valence electrons. The second-order valence-corrected chi connectivity index (χ2v) is 12.0. The normalized spacial score (nSPS) is 18.6. The molecule has 0 saturated heterocycles. The van der Waals surface area contributed by atoms with E-state index >= 15 is 0 Å². The van der Waals surface area contributed by atoms with E-state index in [0.717, 1.165) is 29.6 Å². The Morgan fingerprint density at radius 1 is 1.07 bits per heavy atom. The van der Waals surface area contributed by atoms with Crippen LogP contribution in [0.2, 0.25) is 0 Å². The van der Waals surface area contributed by atoms with Crippen LogP contribution in [0.5, 0.6) is 0 Å². The zero-order valence-electron chi connectivity index (χ0n) is 25.3. The summed E-state index contributed by atoms with van der Waals surface area (Å²) in [7, 11) is 1.63. The number of carbonyl (C=O) groups excluding carboxylic acids is 3. The number of thioether (sulfide) groups is 1. The number of hydrogen-bond acceptors (Lipinski definition) is 11. The van der Waals surface area contributed by atoms with Crippen LogP contribution in [-0.4, -0.2) is 93.1 Å². The number of carboxylic acids is 2. The Kier molecular flexibility index (Phi) is 14.0. The van der Waals surface area contributed by atoms with Crippen LogP contribution >= 0.6 is 11.8 Å². The van der Waals surface area contributed by atoms with Crippen LogP contribution in [0.15, 0.2) is 47.5 Å². The predicted molar refractivity (Wildman–Crippen MR) is 164 cm³/mol. The summed E-state index contributed by atoms with van der Waals surface area (Å²) < 4.78 is 5.80. The average molecular weight is 648 g/mol. The highest BCUT2D eigenvalue weighted by atomic mass is 32.2. The van der Waals surface area contributed by atoms with E-state index in [9.17, 15) is 34.2 Å². The Balaban J connectivity index is 1.73. The van der Waals surface area contributed by atoms with Gasteiger partial charge in [0.05, 0.1) is 5.25 Å². The number of carboxylic acid groups (broad SMARTS) is 2. The molecule has 7 N–H and O–H groups in total. The number of aliphatic hydroxyl groups excluding tert-OH is 1. The van der Waals surface area contributed by atoms with Gasteiger partial charge in [-0.2, -0.15) is 0 Å². The molecule has 1 aliphatic heterocycles. The third-order valence-electron chi connectivity index (χ3n) is 7.41. The average Bonchev–Trinajstić information content (AvgIpc) is 3.33. The third-order valence-corrected chi connectivity index (χ3v) is 8.79. The van der Waals surface area contributed by atoms with Gasteiger partial charge in [-0.1, -0.05) is 25.0 Å². The lowest BCUT2D eigenvalue weighted by Crippen LogP contribution is -2.53.